The molecule has 0 N–H and O–H groups in total. The number of nitrogens with zero attached hydrogens (tertiary/aromatic N) is 1. The van der Waals surface area contributed by atoms with Crippen LogP contribution in [0.2, 0.25) is 0 Å². The largest absolute Gasteiger partial charge is 0.216 e. The van der Waals surface area contributed by atoms with E-state index in [9.17, 15) is 8.42 Å². The van der Waals surface area contributed by atoms with Gasteiger partial charge in [0, 0.05) is 13.6 Å². The normalized spacial score (nSPS) is 33.8. The molecule has 0 radical (unpaired) electrons. The molecule has 1 aliphatic heterocycles. The van der Waals surface area contributed by atoms with Crippen LogP contribution in [0.15, 0.2) is 0 Å². The van der Waals surface area contributed by atoms with E-state index in [0.717, 1.165) is 19.3 Å². The number of sulfonamides is 1. The highest BCUT2D eigenvalue weighted by molar-refractivity contribution is 7.89. The first-order chi connectivity index (χ1) is 6.00. The Balaban J connectivity index is 2.63. The van der Waals surface area contributed by atoms with Crippen LogP contribution in [0.3, 0.4) is 0 Å². The van der Waals surface area contributed by atoms with E-state index in [-0.39, 0.29) is 5.25 Å². The Labute approximate surface area is 81.2 Å². The topological polar surface area (TPSA) is 37.4 Å². The predicted molar refractivity (Wildman–Crippen MR) is 54.0 cm³/mol. The van der Waals surface area contributed by atoms with Crippen molar-refractivity contribution < 1.29 is 8.42 Å². The molecule has 1 heterocycles. The van der Waals surface area contributed by atoms with Crippen LogP contribution >= 0.6 is 0 Å². The summed E-state index contributed by atoms with van der Waals surface area (Å²) in [6.45, 7) is 4.68. The fraction of sp³-hybridized carbons (Fsp3) is 1.00. The van der Waals surface area contributed by atoms with Gasteiger partial charge in [-0.2, -0.15) is 0 Å². The zero-order chi connectivity index (χ0) is 10.1. The maximum atomic E-state index is 11.6. The quantitative estimate of drug-likeness (QED) is 0.699. The second kappa shape index (κ2) is 3.96. The maximum absolute atomic E-state index is 11.6. The SMILES string of the molecule is CCCCC1CN(C)S(=O)(=O)C1C. The Hall–Kier alpha value is -0.0900. The van der Waals surface area contributed by atoms with E-state index >= 15 is 0 Å². The highest BCUT2D eigenvalue weighted by Gasteiger charge is 2.40. The van der Waals surface area contributed by atoms with Gasteiger partial charge in [-0.3, -0.25) is 0 Å². The molecule has 0 spiro atoms. The van der Waals surface area contributed by atoms with Crippen LogP contribution < -0.4 is 0 Å². The monoisotopic (exact) mass is 205 g/mol. The number of rotatable bonds is 3. The van der Waals surface area contributed by atoms with Crippen molar-refractivity contribution in [3.8, 4) is 0 Å². The lowest BCUT2D eigenvalue weighted by molar-refractivity contribution is 0.414. The van der Waals surface area contributed by atoms with Crippen LogP contribution in [0, 0.1) is 5.92 Å². The van der Waals surface area contributed by atoms with E-state index in [4.69, 9.17) is 0 Å². The first-order valence-corrected chi connectivity index (χ1v) is 6.45. The molecule has 2 atom stereocenters. The van der Waals surface area contributed by atoms with Crippen LogP contribution in [0.5, 0.6) is 0 Å². The van der Waals surface area contributed by atoms with E-state index in [1.54, 1.807) is 7.05 Å². The van der Waals surface area contributed by atoms with Crippen LogP contribution in [-0.4, -0.2) is 31.6 Å². The highest BCUT2D eigenvalue weighted by Crippen LogP contribution is 2.29. The van der Waals surface area contributed by atoms with Crippen LogP contribution in [0.25, 0.3) is 0 Å². The van der Waals surface area contributed by atoms with Gasteiger partial charge in [0.05, 0.1) is 5.25 Å². The average molecular weight is 205 g/mol. The van der Waals surface area contributed by atoms with Gasteiger partial charge in [-0.1, -0.05) is 19.8 Å². The molecular formula is C9H19NO2S. The van der Waals surface area contributed by atoms with E-state index < -0.39 is 10.0 Å². The summed E-state index contributed by atoms with van der Waals surface area (Å²) in [6, 6.07) is 0. The molecule has 0 aliphatic carbocycles. The summed E-state index contributed by atoms with van der Waals surface area (Å²) in [5.41, 5.74) is 0. The van der Waals surface area contributed by atoms with Crippen molar-refractivity contribution in [3.63, 3.8) is 0 Å². The first-order valence-electron chi connectivity index (χ1n) is 4.95. The van der Waals surface area contributed by atoms with Gasteiger partial charge in [-0.15, -0.1) is 0 Å². The van der Waals surface area contributed by atoms with Gasteiger partial charge in [0.2, 0.25) is 10.0 Å². The molecule has 78 valence electrons. The molecule has 13 heavy (non-hydrogen) atoms. The lowest BCUT2D eigenvalue weighted by Gasteiger charge is -2.10. The third-order valence-corrected chi connectivity index (χ3v) is 5.33. The smallest absolute Gasteiger partial charge is 0.212 e. The minimum absolute atomic E-state index is 0.177. The molecule has 1 fully saturated rings. The molecule has 0 amide bonds. The van der Waals surface area contributed by atoms with Crippen molar-refractivity contribution >= 4 is 10.0 Å². The standard InChI is InChI=1S/C9H19NO2S/c1-4-5-6-9-7-10(3)13(11,12)8(9)2/h8-9H,4-7H2,1-3H3. The van der Waals surface area contributed by atoms with Crippen molar-refractivity contribution in [2.75, 3.05) is 13.6 Å². The van der Waals surface area contributed by atoms with Crippen LogP contribution in [0.4, 0.5) is 0 Å². The van der Waals surface area contributed by atoms with Crippen LogP contribution in [-0.2, 0) is 10.0 Å². The molecule has 1 rings (SSSR count). The molecular weight excluding hydrogens is 186 g/mol. The van der Waals surface area contributed by atoms with Crippen molar-refractivity contribution in [1.82, 2.24) is 4.31 Å². The minimum Gasteiger partial charge on any atom is -0.212 e. The molecule has 0 saturated carbocycles. The highest BCUT2D eigenvalue weighted by atomic mass is 32.2. The van der Waals surface area contributed by atoms with Crippen molar-refractivity contribution in [3.05, 3.63) is 0 Å². The van der Waals surface area contributed by atoms with Gasteiger partial charge in [-0.25, -0.2) is 12.7 Å². The Morgan fingerprint density at radius 2 is 2.08 bits per heavy atom. The van der Waals surface area contributed by atoms with Gasteiger partial charge in [0.1, 0.15) is 0 Å². The van der Waals surface area contributed by atoms with E-state index in [1.807, 2.05) is 6.92 Å². The molecule has 1 aliphatic rings. The molecule has 0 aromatic carbocycles. The lowest BCUT2D eigenvalue weighted by Crippen LogP contribution is -2.24. The number of unbranched alkanes of at least 4 members (excludes halogenated alkanes) is 1. The van der Waals surface area contributed by atoms with Gasteiger partial charge < -0.3 is 0 Å². The Morgan fingerprint density at radius 1 is 1.46 bits per heavy atom. The van der Waals surface area contributed by atoms with Crippen molar-refractivity contribution in [2.24, 2.45) is 5.92 Å². The first kappa shape index (κ1) is 11.0. The van der Waals surface area contributed by atoms with E-state index in [2.05, 4.69) is 6.92 Å². The fourth-order valence-corrected chi connectivity index (χ4v) is 3.58. The zero-order valence-corrected chi connectivity index (χ0v) is 9.47. The molecule has 2 unspecified atom stereocenters. The van der Waals surface area contributed by atoms with Gasteiger partial charge in [0.15, 0.2) is 0 Å². The Bertz CT molecular complexity index is 261. The molecule has 0 bridgehead atoms. The minimum atomic E-state index is -2.95. The maximum Gasteiger partial charge on any atom is 0.216 e. The average Bonchev–Trinajstić information content (AvgIpc) is 2.26. The summed E-state index contributed by atoms with van der Waals surface area (Å²) in [4.78, 5) is 0. The van der Waals surface area contributed by atoms with Gasteiger partial charge >= 0.3 is 0 Å². The van der Waals surface area contributed by atoms with Crippen LogP contribution in [0.1, 0.15) is 33.1 Å². The van der Waals surface area contributed by atoms with Gasteiger partial charge in [-0.05, 0) is 19.3 Å². The summed E-state index contributed by atoms with van der Waals surface area (Å²) < 4.78 is 24.7. The number of hydrogen-bond donors (Lipinski definition) is 0. The molecule has 3 nitrogen and oxygen atoms in total. The summed E-state index contributed by atoms with van der Waals surface area (Å²) >= 11 is 0. The fourth-order valence-electron chi connectivity index (χ4n) is 1.90. The lowest BCUT2D eigenvalue weighted by atomic mass is 9.99. The summed E-state index contributed by atoms with van der Waals surface area (Å²) in [5, 5.41) is -0.177. The number of hydrogen-bond acceptors (Lipinski definition) is 2. The molecule has 1 saturated heterocycles. The third kappa shape index (κ3) is 2.05. The third-order valence-electron chi connectivity index (χ3n) is 2.99. The Morgan fingerprint density at radius 3 is 2.46 bits per heavy atom. The van der Waals surface area contributed by atoms with E-state index in [0.29, 0.717) is 12.5 Å². The van der Waals surface area contributed by atoms with E-state index in [1.165, 1.54) is 4.31 Å². The van der Waals surface area contributed by atoms with Crippen molar-refractivity contribution in [2.45, 2.75) is 38.4 Å². The predicted octanol–water partition coefficient (Wildman–Crippen LogP) is 1.46. The summed E-state index contributed by atoms with van der Waals surface area (Å²) in [5.74, 6) is 0.343. The molecule has 0 aromatic rings. The summed E-state index contributed by atoms with van der Waals surface area (Å²) in [7, 11) is -1.27. The second-order valence-corrected chi connectivity index (χ2v) is 6.33. The summed E-state index contributed by atoms with van der Waals surface area (Å²) in [6.07, 6.45) is 3.33. The van der Waals surface area contributed by atoms with Gasteiger partial charge in [0.25, 0.3) is 0 Å². The van der Waals surface area contributed by atoms with Crippen molar-refractivity contribution in [1.29, 1.82) is 0 Å². The second-order valence-electron chi connectivity index (χ2n) is 3.93. The zero-order valence-electron chi connectivity index (χ0n) is 8.66. The molecule has 0 aromatic heterocycles. The molecule has 4 heteroatoms. The Kier molecular flexibility index (Phi) is 3.35.